The summed E-state index contributed by atoms with van der Waals surface area (Å²) in [4.78, 5) is 14.8. The number of para-hydroxylation sites is 1. The highest BCUT2D eigenvalue weighted by molar-refractivity contribution is 7.99. The molecule has 0 saturated heterocycles. The molecule has 0 fully saturated rings. The van der Waals surface area contributed by atoms with E-state index in [1.807, 2.05) is 65.5 Å². The Morgan fingerprint density at radius 1 is 0.733 bits per heavy atom. The van der Waals surface area contributed by atoms with Gasteiger partial charge in [0.1, 0.15) is 0 Å². The molecule has 0 spiro atoms. The molecule has 0 unspecified atom stereocenters. The molecule has 0 aliphatic heterocycles. The normalized spacial score (nSPS) is 10.5. The monoisotopic (exact) mass is 411 g/mol. The van der Waals surface area contributed by atoms with E-state index in [0.717, 1.165) is 21.9 Å². The van der Waals surface area contributed by atoms with E-state index in [1.54, 1.807) is 11.8 Å². The number of benzene rings is 3. The summed E-state index contributed by atoms with van der Waals surface area (Å²) in [5.41, 5.74) is 3.33. The third-order valence-corrected chi connectivity index (χ3v) is 5.75. The van der Waals surface area contributed by atoms with Crippen molar-refractivity contribution in [1.82, 2.24) is 0 Å². The van der Waals surface area contributed by atoms with E-state index >= 15 is 0 Å². The number of carbonyl (C=O) groups is 1. The molecule has 0 aliphatic rings. The largest absolute Gasteiger partial charge is 0.320 e. The molecule has 0 radical (unpaired) electrons. The van der Waals surface area contributed by atoms with E-state index in [-0.39, 0.29) is 12.5 Å². The summed E-state index contributed by atoms with van der Waals surface area (Å²) in [6.07, 6.45) is 4.81. The van der Waals surface area contributed by atoms with Gasteiger partial charge < -0.3 is 5.32 Å². The van der Waals surface area contributed by atoms with Crippen LogP contribution in [-0.4, -0.2) is 5.91 Å². The van der Waals surface area contributed by atoms with Crippen molar-refractivity contribution < 1.29 is 9.36 Å². The predicted molar refractivity (Wildman–Crippen MR) is 122 cm³/mol. The van der Waals surface area contributed by atoms with Gasteiger partial charge in [0.25, 0.3) is 5.91 Å². The van der Waals surface area contributed by atoms with Gasteiger partial charge in [-0.2, -0.15) is 4.57 Å². The molecule has 0 atom stereocenters. The maximum atomic E-state index is 12.6. The van der Waals surface area contributed by atoms with Gasteiger partial charge in [-0.25, -0.2) is 0 Å². The molecule has 30 heavy (non-hydrogen) atoms. The number of pyridine rings is 1. The number of hydrogen-bond donors (Lipinski definition) is 1. The van der Waals surface area contributed by atoms with E-state index < -0.39 is 0 Å². The number of nitrogens with one attached hydrogen (secondary N) is 1. The van der Waals surface area contributed by atoms with E-state index in [9.17, 15) is 4.79 Å². The third-order valence-electron chi connectivity index (χ3n) is 4.67. The van der Waals surface area contributed by atoms with Crippen LogP contribution in [0.25, 0.3) is 0 Å². The zero-order chi connectivity index (χ0) is 20.6. The summed E-state index contributed by atoms with van der Waals surface area (Å²) in [7, 11) is 0. The van der Waals surface area contributed by atoms with Crippen molar-refractivity contribution in [1.29, 1.82) is 0 Å². The molecule has 1 amide bonds. The van der Waals surface area contributed by atoms with Crippen molar-refractivity contribution in [3.8, 4) is 0 Å². The molecule has 4 rings (SSSR count). The van der Waals surface area contributed by atoms with Crippen molar-refractivity contribution in [2.24, 2.45) is 0 Å². The fraction of sp³-hybridized carbons (Fsp3) is 0.0769. The van der Waals surface area contributed by atoms with Crippen LogP contribution >= 0.6 is 11.8 Å². The number of aromatic nitrogens is 1. The van der Waals surface area contributed by atoms with Gasteiger partial charge in [-0.1, -0.05) is 72.4 Å². The molecular weight excluding hydrogens is 388 g/mol. The quantitative estimate of drug-likeness (QED) is 0.416. The van der Waals surface area contributed by atoms with Crippen LogP contribution in [-0.2, 0) is 17.8 Å². The van der Waals surface area contributed by atoms with Crippen LogP contribution in [0.1, 0.15) is 11.1 Å². The molecule has 1 aromatic heterocycles. The second-order valence-corrected chi connectivity index (χ2v) is 8.12. The van der Waals surface area contributed by atoms with Crippen LogP contribution in [0.4, 0.5) is 5.69 Å². The van der Waals surface area contributed by atoms with Gasteiger partial charge in [0.2, 0.25) is 6.54 Å². The van der Waals surface area contributed by atoms with Gasteiger partial charge in [-0.15, -0.1) is 0 Å². The van der Waals surface area contributed by atoms with Crippen LogP contribution in [0, 0.1) is 0 Å². The van der Waals surface area contributed by atoms with Crippen molar-refractivity contribution in [2.75, 3.05) is 5.32 Å². The maximum absolute atomic E-state index is 12.6. The molecule has 4 aromatic rings. The first-order chi connectivity index (χ1) is 14.8. The first-order valence-electron chi connectivity index (χ1n) is 9.90. The Labute approximate surface area is 181 Å². The smallest absolute Gasteiger partial charge is 0.290 e. The highest BCUT2D eigenvalue weighted by atomic mass is 32.2. The third kappa shape index (κ3) is 5.58. The lowest BCUT2D eigenvalue weighted by Gasteiger charge is -2.10. The standard InChI is InChI=1S/C26H22N2OS/c29-26(20-28-17-15-22(16-18-28)19-21-9-3-1-4-10-21)27-24-13-7-8-14-25(24)30-23-11-5-2-6-12-23/h1-18H,19-20H2/p+1. The minimum absolute atomic E-state index is 0.0445. The van der Waals surface area contributed by atoms with Crippen LogP contribution in [0.3, 0.4) is 0 Å². The maximum Gasteiger partial charge on any atom is 0.290 e. The average molecular weight is 412 g/mol. The molecule has 3 nitrogen and oxygen atoms in total. The second kappa shape index (κ2) is 9.90. The lowest BCUT2D eigenvalue weighted by atomic mass is 10.1. The zero-order valence-electron chi connectivity index (χ0n) is 16.6. The van der Waals surface area contributed by atoms with Crippen LogP contribution in [0.2, 0.25) is 0 Å². The number of anilines is 1. The molecular formula is C26H23N2OS+. The van der Waals surface area contributed by atoms with Gasteiger partial charge >= 0.3 is 0 Å². The minimum Gasteiger partial charge on any atom is -0.320 e. The summed E-state index contributed by atoms with van der Waals surface area (Å²) < 4.78 is 1.90. The Morgan fingerprint density at radius 2 is 1.33 bits per heavy atom. The van der Waals surface area contributed by atoms with Gasteiger partial charge in [0.15, 0.2) is 12.4 Å². The van der Waals surface area contributed by atoms with Gasteiger partial charge in [0, 0.05) is 21.9 Å². The Hall–Kier alpha value is -3.37. The van der Waals surface area contributed by atoms with E-state index in [2.05, 4.69) is 53.8 Å². The average Bonchev–Trinajstić information content (AvgIpc) is 2.78. The van der Waals surface area contributed by atoms with Crippen LogP contribution < -0.4 is 9.88 Å². The molecule has 0 aliphatic carbocycles. The van der Waals surface area contributed by atoms with Crippen LogP contribution in [0.15, 0.2) is 119 Å². The van der Waals surface area contributed by atoms with Gasteiger partial charge in [0.05, 0.1) is 5.69 Å². The Morgan fingerprint density at radius 3 is 2.07 bits per heavy atom. The van der Waals surface area contributed by atoms with Crippen LogP contribution in [0.5, 0.6) is 0 Å². The number of amides is 1. The zero-order valence-corrected chi connectivity index (χ0v) is 17.4. The highest BCUT2D eigenvalue weighted by Crippen LogP contribution is 2.33. The molecule has 1 N–H and O–H groups in total. The fourth-order valence-electron chi connectivity index (χ4n) is 3.17. The topological polar surface area (TPSA) is 33.0 Å². The summed E-state index contributed by atoms with van der Waals surface area (Å²) in [5.74, 6) is -0.0445. The van der Waals surface area contributed by atoms with Gasteiger partial charge in [-0.3, -0.25) is 4.79 Å². The van der Waals surface area contributed by atoms with Gasteiger partial charge in [-0.05, 0) is 41.8 Å². The SMILES string of the molecule is O=C(C[n+]1ccc(Cc2ccccc2)cc1)Nc1ccccc1Sc1ccccc1. The first-order valence-corrected chi connectivity index (χ1v) is 10.7. The van der Waals surface area contributed by atoms with Crippen molar-refractivity contribution in [2.45, 2.75) is 22.8 Å². The summed E-state index contributed by atoms with van der Waals surface area (Å²) in [6, 6.07) is 32.6. The molecule has 3 aromatic carbocycles. The number of carbonyl (C=O) groups excluding carboxylic acids is 1. The molecule has 1 heterocycles. The summed E-state index contributed by atoms with van der Waals surface area (Å²) in [6.45, 7) is 0.274. The molecule has 0 saturated carbocycles. The summed E-state index contributed by atoms with van der Waals surface area (Å²) in [5, 5.41) is 3.05. The van der Waals surface area contributed by atoms with E-state index in [1.165, 1.54) is 11.1 Å². The first kappa shape index (κ1) is 19.9. The molecule has 0 bridgehead atoms. The lowest BCUT2D eigenvalue weighted by molar-refractivity contribution is -0.684. The number of nitrogens with zero attached hydrogens (tertiary/aromatic N) is 1. The molecule has 4 heteroatoms. The highest BCUT2D eigenvalue weighted by Gasteiger charge is 2.12. The van der Waals surface area contributed by atoms with Crippen molar-refractivity contribution in [3.05, 3.63) is 121 Å². The van der Waals surface area contributed by atoms with E-state index in [4.69, 9.17) is 0 Å². The predicted octanol–water partition coefficient (Wildman–Crippen LogP) is 5.35. The summed E-state index contributed by atoms with van der Waals surface area (Å²) >= 11 is 1.64. The lowest BCUT2D eigenvalue weighted by Crippen LogP contribution is -2.39. The van der Waals surface area contributed by atoms with E-state index in [0.29, 0.717) is 0 Å². The second-order valence-electron chi connectivity index (χ2n) is 7.00. The Bertz CT molecular complexity index is 1100. The minimum atomic E-state index is -0.0445. The number of rotatable bonds is 7. The van der Waals surface area contributed by atoms with Crippen molar-refractivity contribution >= 4 is 23.4 Å². The molecule has 148 valence electrons. The van der Waals surface area contributed by atoms with Crippen molar-refractivity contribution in [3.63, 3.8) is 0 Å². The fourth-order valence-corrected chi connectivity index (χ4v) is 4.10. The Balaban J connectivity index is 1.38. The Kier molecular flexibility index (Phi) is 6.58. The number of hydrogen-bond acceptors (Lipinski definition) is 2.